The highest BCUT2D eigenvalue weighted by molar-refractivity contribution is 7.85. The van der Waals surface area contributed by atoms with Crippen molar-refractivity contribution >= 4 is 10.1 Å². The third-order valence-electron chi connectivity index (χ3n) is 4.04. The van der Waals surface area contributed by atoms with Crippen LogP contribution in [0.15, 0.2) is 17.0 Å². The van der Waals surface area contributed by atoms with Crippen molar-refractivity contribution in [1.29, 1.82) is 0 Å². The lowest BCUT2D eigenvalue weighted by molar-refractivity contribution is 0.300. The van der Waals surface area contributed by atoms with Gasteiger partial charge in [-0.15, -0.1) is 0 Å². The molecule has 0 aliphatic carbocycles. The molecule has 0 amide bonds. The van der Waals surface area contributed by atoms with Crippen LogP contribution in [0.4, 0.5) is 0 Å². The first-order valence-corrected chi connectivity index (χ1v) is 9.96. The maximum Gasteiger partial charge on any atom is 0.294 e. The van der Waals surface area contributed by atoms with Crippen molar-refractivity contribution in [3.8, 4) is 5.75 Å². The lowest BCUT2D eigenvalue weighted by atomic mass is 9.97. The molecular weight excluding hydrogens is 312 g/mol. The van der Waals surface area contributed by atoms with Crippen LogP contribution in [-0.2, 0) is 10.1 Å². The van der Waals surface area contributed by atoms with E-state index in [-0.39, 0.29) is 10.8 Å². The molecule has 1 rings (SSSR count). The van der Waals surface area contributed by atoms with E-state index in [1.807, 2.05) is 13.8 Å². The molecule has 1 N–H and O–H groups in total. The molecule has 5 heteroatoms. The molecule has 23 heavy (non-hydrogen) atoms. The molecule has 0 saturated carbocycles. The van der Waals surface area contributed by atoms with Gasteiger partial charge < -0.3 is 4.74 Å². The molecule has 0 heterocycles. The second kappa shape index (κ2) is 9.28. The van der Waals surface area contributed by atoms with Gasteiger partial charge in [0.1, 0.15) is 5.75 Å². The summed E-state index contributed by atoms with van der Waals surface area (Å²) < 4.78 is 38.1. The fourth-order valence-electron chi connectivity index (χ4n) is 2.87. The Balaban J connectivity index is 2.74. The molecular formula is C18H30O4S. The average molecular weight is 343 g/mol. The minimum Gasteiger partial charge on any atom is -0.493 e. The van der Waals surface area contributed by atoms with Crippen molar-refractivity contribution in [2.75, 3.05) is 6.61 Å². The van der Waals surface area contributed by atoms with Gasteiger partial charge in [-0.1, -0.05) is 52.9 Å². The zero-order valence-electron chi connectivity index (χ0n) is 14.8. The zero-order valence-corrected chi connectivity index (χ0v) is 15.6. The summed E-state index contributed by atoms with van der Waals surface area (Å²) in [5.74, 6) is 0.842. The van der Waals surface area contributed by atoms with Crippen LogP contribution < -0.4 is 4.74 Å². The molecule has 4 nitrogen and oxygen atoms in total. The van der Waals surface area contributed by atoms with E-state index in [4.69, 9.17) is 4.74 Å². The zero-order chi connectivity index (χ0) is 17.5. The molecule has 0 aliphatic heterocycles. The standard InChI is InChI=1S/C18H30O4S/c1-5-6-7-8-9-10-13-22-16-11-12-17(23(19,20)21)15(4)18(16)14(2)3/h11-12,14H,5-10,13H2,1-4H3,(H,19,20,21). The minimum absolute atomic E-state index is 0.0342. The minimum atomic E-state index is -4.20. The molecule has 0 aromatic heterocycles. The quantitative estimate of drug-likeness (QED) is 0.474. The van der Waals surface area contributed by atoms with Gasteiger partial charge in [0.2, 0.25) is 0 Å². The van der Waals surface area contributed by atoms with Gasteiger partial charge in [0.15, 0.2) is 0 Å². The summed E-state index contributed by atoms with van der Waals surface area (Å²) in [6, 6.07) is 3.08. The van der Waals surface area contributed by atoms with E-state index < -0.39 is 10.1 Å². The van der Waals surface area contributed by atoms with E-state index in [1.54, 1.807) is 13.0 Å². The van der Waals surface area contributed by atoms with Crippen LogP contribution in [-0.4, -0.2) is 19.6 Å². The van der Waals surface area contributed by atoms with Gasteiger partial charge in [0, 0.05) is 5.56 Å². The lowest BCUT2D eigenvalue weighted by Crippen LogP contribution is -2.08. The Kier molecular flexibility index (Phi) is 8.06. The molecule has 0 atom stereocenters. The number of hydrogen-bond donors (Lipinski definition) is 1. The molecule has 0 spiro atoms. The molecule has 0 saturated heterocycles. The second-order valence-corrected chi connectivity index (χ2v) is 7.74. The van der Waals surface area contributed by atoms with Gasteiger partial charge in [0.25, 0.3) is 10.1 Å². The number of unbranched alkanes of at least 4 members (excludes halogenated alkanes) is 5. The van der Waals surface area contributed by atoms with Crippen LogP contribution in [0, 0.1) is 6.92 Å². The van der Waals surface area contributed by atoms with Gasteiger partial charge >= 0.3 is 0 Å². The first-order valence-electron chi connectivity index (χ1n) is 8.52. The van der Waals surface area contributed by atoms with Crippen LogP contribution in [0.2, 0.25) is 0 Å². The number of rotatable bonds is 10. The van der Waals surface area contributed by atoms with Gasteiger partial charge in [0.05, 0.1) is 11.5 Å². The summed E-state index contributed by atoms with van der Waals surface area (Å²) >= 11 is 0. The van der Waals surface area contributed by atoms with Crippen molar-refractivity contribution in [3.05, 3.63) is 23.3 Å². The number of benzene rings is 1. The van der Waals surface area contributed by atoms with E-state index in [2.05, 4.69) is 6.92 Å². The second-order valence-electron chi connectivity index (χ2n) is 6.35. The third-order valence-corrected chi connectivity index (χ3v) is 5.03. The summed E-state index contributed by atoms with van der Waals surface area (Å²) in [5.41, 5.74) is 1.43. The Morgan fingerprint density at radius 1 is 1.09 bits per heavy atom. The molecule has 132 valence electrons. The Morgan fingerprint density at radius 2 is 1.70 bits per heavy atom. The third kappa shape index (κ3) is 6.15. The van der Waals surface area contributed by atoms with Crippen LogP contribution in [0.1, 0.15) is 76.3 Å². The molecule has 1 aromatic rings. The fraction of sp³-hybridized carbons (Fsp3) is 0.667. The molecule has 0 fully saturated rings. The highest BCUT2D eigenvalue weighted by atomic mass is 32.2. The van der Waals surface area contributed by atoms with Crippen molar-refractivity contribution in [3.63, 3.8) is 0 Å². The topological polar surface area (TPSA) is 63.6 Å². The Morgan fingerprint density at radius 3 is 2.26 bits per heavy atom. The summed E-state index contributed by atoms with van der Waals surface area (Å²) in [6.07, 6.45) is 7.19. The van der Waals surface area contributed by atoms with Crippen molar-refractivity contribution in [1.82, 2.24) is 0 Å². The molecule has 0 aliphatic rings. The van der Waals surface area contributed by atoms with Crippen LogP contribution in [0.25, 0.3) is 0 Å². The maximum atomic E-state index is 11.4. The largest absolute Gasteiger partial charge is 0.493 e. The molecule has 0 unspecified atom stereocenters. The SMILES string of the molecule is CCCCCCCCOc1ccc(S(=O)(=O)O)c(C)c1C(C)C. The highest BCUT2D eigenvalue weighted by Crippen LogP contribution is 2.33. The number of hydrogen-bond acceptors (Lipinski definition) is 3. The molecule has 0 radical (unpaired) electrons. The predicted molar refractivity (Wildman–Crippen MR) is 94.0 cm³/mol. The van der Waals surface area contributed by atoms with Crippen molar-refractivity contribution in [2.45, 2.75) is 77.0 Å². The maximum absolute atomic E-state index is 11.4. The monoisotopic (exact) mass is 342 g/mol. The van der Waals surface area contributed by atoms with Crippen LogP contribution in [0.3, 0.4) is 0 Å². The van der Waals surface area contributed by atoms with Crippen LogP contribution >= 0.6 is 0 Å². The van der Waals surface area contributed by atoms with Crippen molar-refractivity contribution in [2.24, 2.45) is 0 Å². The number of ether oxygens (including phenoxy) is 1. The Bertz CT molecular complexity index is 591. The normalized spacial score (nSPS) is 11.9. The highest BCUT2D eigenvalue weighted by Gasteiger charge is 2.20. The van der Waals surface area contributed by atoms with E-state index in [0.29, 0.717) is 12.2 Å². The van der Waals surface area contributed by atoms with Gasteiger partial charge in [-0.25, -0.2) is 0 Å². The first kappa shape index (κ1) is 20.0. The predicted octanol–water partition coefficient (Wildman–Crippen LogP) is 5.10. The van der Waals surface area contributed by atoms with Gasteiger partial charge in [-0.2, -0.15) is 8.42 Å². The van der Waals surface area contributed by atoms with Crippen LogP contribution in [0.5, 0.6) is 5.75 Å². The summed E-state index contributed by atoms with van der Waals surface area (Å²) in [7, 11) is -4.20. The Hall–Kier alpha value is -1.07. The van der Waals surface area contributed by atoms with E-state index in [9.17, 15) is 13.0 Å². The summed E-state index contributed by atoms with van der Waals surface area (Å²) in [4.78, 5) is -0.0342. The van der Waals surface area contributed by atoms with E-state index in [0.717, 1.165) is 24.2 Å². The first-order chi connectivity index (χ1) is 10.8. The lowest BCUT2D eigenvalue weighted by Gasteiger charge is -2.18. The van der Waals surface area contributed by atoms with E-state index >= 15 is 0 Å². The van der Waals surface area contributed by atoms with Gasteiger partial charge in [-0.05, 0) is 37.0 Å². The Labute approximate surface area is 141 Å². The smallest absolute Gasteiger partial charge is 0.294 e. The molecule has 0 bridgehead atoms. The van der Waals surface area contributed by atoms with E-state index in [1.165, 1.54) is 31.7 Å². The molecule has 1 aromatic carbocycles. The van der Waals surface area contributed by atoms with Gasteiger partial charge in [-0.3, -0.25) is 4.55 Å². The average Bonchev–Trinajstić information content (AvgIpc) is 2.44. The summed E-state index contributed by atoms with van der Waals surface area (Å²) in [5, 5.41) is 0. The summed E-state index contributed by atoms with van der Waals surface area (Å²) in [6.45, 7) is 8.54. The fourth-order valence-corrected chi connectivity index (χ4v) is 3.61. The van der Waals surface area contributed by atoms with Crippen molar-refractivity contribution < 1.29 is 17.7 Å².